The van der Waals surface area contributed by atoms with Gasteiger partial charge in [-0.2, -0.15) is 14.6 Å². The Balaban J connectivity index is 1.29. The molecule has 0 aliphatic heterocycles. The van der Waals surface area contributed by atoms with Gasteiger partial charge in [-0.3, -0.25) is 4.39 Å². The number of nitriles is 1. The van der Waals surface area contributed by atoms with E-state index in [1.54, 1.807) is 22.8 Å². The Morgan fingerprint density at radius 2 is 1.76 bits per heavy atom. The lowest BCUT2D eigenvalue weighted by atomic mass is 10.1. The van der Waals surface area contributed by atoms with Crippen LogP contribution in [0.25, 0.3) is 22.4 Å². The number of fused-ring (bicyclic) bond motifs is 1. The maximum Gasteiger partial charge on any atom is 0.337 e. The Kier molecular flexibility index (Phi) is 8.12. The highest BCUT2D eigenvalue weighted by molar-refractivity contribution is 5.93. The van der Waals surface area contributed by atoms with Gasteiger partial charge in [-0.15, -0.1) is 0 Å². The number of rotatable bonds is 10. The molecule has 1 saturated carbocycles. The minimum Gasteiger partial charge on any atom is -0.471 e. The van der Waals surface area contributed by atoms with Gasteiger partial charge in [0.05, 0.1) is 53.8 Å². The summed E-state index contributed by atoms with van der Waals surface area (Å²) < 4.78 is 85.4. The van der Waals surface area contributed by atoms with Crippen LogP contribution in [0.2, 0.25) is 0 Å². The third-order valence-electron chi connectivity index (χ3n) is 7.97. The zero-order valence-corrected chi connectivity index (χ0v) is 24.3. The Hall–Kier alpha value is -5.38. The monoisotopic (exact) mass is 633 g/mol. The van der Waals surface area contributed by atoms with Gasteiger partial charge in [0.25, 0.3) is 5.88 Å². The number of carbonyl (C=O) groups is 1. The molecule has 3 aromatic carbocycles. The first kappa shape index (κ1) is 30.6. The zero-order valence-electron chi connectivity index (χ0n) is 24.3. The predicted molar refractivity (Wildman–Crippen MR) is 154 cm³/mol. The predicted octanol–water partition coefficient (Wildman–Crippen LogP) is 6.63. The van der Waals surface area contributed by atoms with Gasteiger partial charge in [0, 0.05) is 23.9 Å². The summed E-state index contributed by atoms with van der Waals surface area (Å²) in [6.45, 7) is -0.778. The molecule has 0 N–H and O–H groups in total. The molecular weight excluding hydrogens is 609 g/mol. The van der Waals surface area contributed by atoms with Gasteiger partial charge in [-0.25, -0.2) is 27.9 Å². The number of benzene rings is 3. The second-order valence-electron chi connectivity index (χ2n) is 11.1. The number of ether oxygens (including phenoxy) is 2. The molecule has 1 aliphatic rings. The number of carbonyl (C=O) groups excluding carboxylic acids is 1. The molecule has 0 radical (unpaired) electrons. The van der Waals surface area contributed by atoms with Crippen molar-refractivity contribution in [1.82, 2.24) is 19.5 Å². The minimum absolute atomic E-state index is 0.0202. The van der Waals surface area contributed by atoms with Crippen LogP contribution in [0.15, 0.2) is 54.7 Å². The first-order valence-corrected chi connectivity index (χ1v) is 14.1. The molecule has 234 valence electrons. The average Bonchev–Trinajstić information content (AvgIpc) is 3.77. The van der Waals surface area contributed by atoms with Crippen molar-refractivity contribution in [2.24, 2.45) is 5.41 Å². The number of esters is 1. The maximum atomic E-state index is 15.5. The fraction of sp³-hybridized carbons (Fsp3) is 0.242. The first-order valence-electron chi connectivity index (χ1n) is 14.1. The van der Waals surface area contributed by atoms with Gasteiger partial charge in [-0.05, 0) is 60.9 Å². The second kappa shape index (κ2) is 12.2. The first-order chi connectivity index (χ1) is 22.1. The smallest absolute Gasteiger partial charge is 0.337 e. The molecule has 2 heterocycles. The summed E-state index contributed by atoms with van der Waals surface area (Å²) in [6, 6.07) is 12.0. The highest BCUT2D eigenvalue weighted by Crippen LogP contribution is 2.48. The number of methoxy groups -OCH3 is 1. The zero-order chi connectivity index (χ0) is 32.6. The molecule has 0 unspecified atom stereocenters. The molecule has 1 fully saturated rings. The van der Waals surface area contributed by atoms with Crippen molar-refractivity contribution < 1.29 is 36.2 Å². The lowest BCUT2D eigenvalue weighted by Gasteiger charge is -2.16. The molecule has 0 amide bonds. The SMILES string of the molecule is COC(=O)c1ccc2nc(Cc3cc(F)c(-c4ncc(F)c(OCc5ccc(C#N)cc5F)n4)cc3F)n(CC3(CF)CC3)c2c1. The van der Waals surface area contributed by atoms with Crippen LogP contribution in [0.5, 0.6) is 5.88 Å². The van der Waals surface area contributed by atoms with Crippen LogP contribution in [0.1, 0.15) is 45.7 Å². The quantitative estimate of drug-likeness (QED) is 0.126. The van der Waals surface area contributed by atoms with Crippen molar-refractivity contribution in [1.29, 1.82) is 5.26 Å². The lowest BCUT2D eigenvalue weighted by molar-refractivity contribution is 0.0601. The number of imidazole rings is 1. The molecule has 2 aromatic heterocycles. The summed E-state index contributed by atoms with van der Waals surface area (Å²) in [4.78, 5) is 24.4. The molecular formula is C33H24F5N5O3. The molecule has 1 aliphatic carbocycles. The standard InChI is InChI=1S/C33H24F5N5O3/c1-45-32(44)19-4-5-27-28(10-19)43(17-33(16-34)6-7-33)29(41-27)11-21-9-25(37)22(12-24(21)36)30-40-14-26(38)31(42-30)46-15-20-3-2-18(13-39)8-23(20)35/h2-5,8-10,12,14H,6-7,11,15-17H2,1H3. The van der Waals surface area contributed by atoms with E-state index in [4.69, 9.17) is 14.7 Å². The third kappa shape index (κ3) is 5.98. The van der Waals surface area contributed by atoms with Crippen molar-refractivity contribution >= 4 is 17.0 Å². The van der Waals surface area contributed by atoms with Crippen LogP contribution in [-0.4, -0.2) is 39.3 Å². The Bertz CT molecular complexity index is 2040. The third-order valence-corrected chi connectivity index (χ3v) is 7.97. The number of hydrogen-bond acceptors (Lipinski definition) is 7. The van der Waals surface area contributed by atoms with E-state index in [0.29, 0.717) is 29.7 Å². The Labute approximate surface area is 259 Å². The average molecular weight is 634 g/mol. The van der Waals surface area contributed by atoms with Crippen molar-refractivity contribution in [3.8, 4) is 23.3 Å². The molecule has 5 aromatic rings. The van der Waals surface area contributed by atoms with Crippen molar-refractivity contribution in [2.75, 3.05) is 13.8 Å². The molecule has 46 heavy (non-hydrogen) atoms. The molecule has 0 bridgehead atoms. The molecule has 0 saturated heterocycles. The largest absolute Gasteiger partial charge is 0.471 e. The van der Waals surface area contributed by atoms with Crippen LogP contribution in [0, 0.1) is 40.0 Å². The number of nitrogens with zero attached hydrogens (tertiary/aromatic N) is 5. The summed E-state index contributed by atoms with van der Waals surface area (Å²) in [5.41, 5.74) is 0.363. The van der Waals surface area contributed by atoms with Crippen LogP contribution in [0.4, 0.5) is 22.0 Å². The van der Waals surface area contributed by atoms with Crippen LogP contribution < -0.4 is 4.74 Å². The van der Waals surface area contributed by atoms with E-state index in [9.17, 15) is 18.0 Å². The topological polar surface area (TPSA) is 103 Å². The molecule has 13 heteroatoms. The summed E-state index contributed by atoms with van der Waals surface area (Å²) >= 11 is 0. The molecule has 8 nitrogen and oxygen atoms in total. The number of aromatic nitrogens is 4. The Morgan fingerprint density at radius 3 is 2.46 bits per heavy atom. The van der Waals surface area contributed by atoms with Gasteiger partial charge in [-0.1, -0.05) is 6.07 Å². The summed E-state index contributed by atoms with van der Waals surface area (Å²) in [5, 5.41) is 8.89. The maximum absolute atomic E-state index is 15.5. The van der Waals surface area contributed by atoms with Gasteiger partial charge in [0.15, 0.2) is 5.82 Å². The summed E-state index contributed by atoms with van der Waals surface area (Å²) in [6.07, 6.45) is 1.87. The van der Waals surface area contributed by atoms with Crippen molar-refractivity contribution in [3.63, 3.8) is 0 Å². The number of alkyl halides is 1. The number of halogens is 5. The van der Waals surface area contributed by atoms with Gasteiger partial charge in [0.2, 0.25) is 5.82 Å². The highest BCUT2D eigenvalue weighted by Gasteiger charge is 2.44. The lowest BCUT2D eigenvalue weighted by Crippen LogP contribution is -2.16. The van der Waals surface area contributed by atoms with E-state index in [2.05, 4.69) is 15.0 Å². The fourth-order valence-electron chi connectivity index (χ4n) is 5.10. The molecule has 6 rings (SSSR count). The van der Waals surface area contributed by atoms with E-state index in [-0.39, 0.29) is 46.6 Å². The number of hydrogen-bond donors (Lipinski definition) is 0. The van der Waals surface area contributed by atoms with Crippen LogP contribution in [0.3, 0.4) is 0 Å². The van der Waals surface area contributed by atoms with Gasteiger partial charge < -0.3 is 14.0 Å². The summed E-state index contributed by atoms with van der Waals surface area (Å²) in [5.74, 6) is -4.70. The van der Waals surface area contributed by atoms with Gasteiger partial charge in [0.1, 0.15) is 29.9 Å². The normalized spacial score (nSPS) is 13.4. The fourth-order valence-corrected chi connectivity index (χ4v) is 5.10. The van der Waals surface area contributed by atoms with E-state index >= 15 is 8.78 Å². The second-order valence-corrected chi connectivity index (χ2v) is 11.1. The van der Waals surface area contributed by atoms with E-state index in [1.807, 2.05) is 0 Å². The molecule has 0 atom stereocenters. The van der Waals surface area contributed by atoms with Crippen molar-refractivity contribution in [3.05, 3.63) is 106 Å². The van der Waals surface area contributed by atoms with E-state index in [0.717, 1.165) is 24.4 Å². The van der Waals surface area contributed by atoms with Gasteiger partial charge >= 0.3 is 5.97 Å². The van der Waals surface area contributed by atoms with E-state index < -0.39 is 53.8 Å². The highest BCUT2D eigenvalue weighted by atomic mass is 19.1. The van der Waals surface area contributed by atoms with E-state index in [1.165, 1.54) is 25.3 Å². The van der Waals surface area contributed by atoms with Crippen molar-refractivity contribution in [2.45, 2.75) is 32.4 Å². The van der Waals surface area contributed by atoms with Crippen LogP contribution in [-0.2, 0) is 24.3 Å². The van der Waals surface area contributed by atoms with Crippen LogP contribution >= 0.6 is 0 Å². The molecule has 0 spiro atoms. The Morgan fingerprint density at radius 1 is 0.978 bits per heavy atom. The minimum atomic E-state index is -1.01. The summed E-state index contributed by atoms with van der Waals surface area (Å²) in [7, 11) is 1.25.